The molecule has 0 aliphatic carbocycles. The largest absolute Gasteiger partial charge is 0.486 e. The Morgan fingerprint density at radius 3 is 3.00 bits per heavy atom. The lowest BCUT2D eigenvalue weighted by Crippen LogP contribution is -2.18. The van der Waals surface area contributed by atoms with Crippen molar-refractivity contribution in [3.05, 3.63) is 84.3 Å². The van der Waals surface area contributed by atoms with Gasteiger partial charge in [0.2, 0.25) is 5.91 Å². The molecular weight excluding hydrogens is 408 g/mol. The smallest absolute Gasteiger partial charge is 0.234 e. The summed E-state index contributed by atoms with van der Waals surface area (Å²) >= 11 is 1.52. The van der Waals surface area contributed by atoms with E-state index in [4.69, 9.17) is 4.74 Å². The van der Waals surface area contributed by atoms with Crippen molar-refractivity contribution >= 4 is 46.2 Å². The molecule has 1 aliphatic rings. The fraction of sp³-hybridized carbons (Fsp3) is 0.0833. The van der Waals surface area contributed by atoms with E-state index in [1.54, 1.807) is 6.21 Å². The number of para-hydroxylation sites is 1. The van der Waals surface area contributed by atoms with Gasteiger partial charge in [0, 0.05) is 22.7 Å². The van der Waals surface area contributed by atoms with Crippen LogP contribution in [-0.4, -0.2) is 27.8 Å². The molecule has 0 saturated carbocycles. The van der Waals surface area contributed by atoms with Gasteiger partial charge in [-0.2, -0.15) is 0 Å². The van der Waals surface area contributed by atoms with E-state index in [-0.39, 0.29) is 5.91 Å². The summed E-state index contributed by atoms with van der Waals surface area (Å²) in [5.41, 5.74) is 3.50. The van der Waals surface area contributed by atoms with Crippen LogP contribution in [0.2, 0.25) is 0 Å². The number of aliphatic imine (C=N–C) groups is 1. The number of amides is 1. The molecule has 1 aromatic heterocycles. The second-order valence-electron chi connectivity index (χ2n) is 6.98. The molecule has 3 aromatic carbocycles. The molecular formula is C24H18N4O2S. The van der Waals surface area contributed by atoms with Gasteiger partial charge in [0.15, 0.2) is 5.82 Å². The van der Waals surface area contributed by atoms with Crippen molar-refractivity contribution in [1.29, 1.82) is 0 Å². The number of carbonyl (C=O) groups excluding carboxylic acids is 1. The summed E-state index contributed by atoms with van der Waals surface area (Å²) < 4.78 is 5.89. The van der Waals surface area contributed by atoms with Gasteiger partial charge in [0.05, 0.1) is 22.6 Å². The first-order valence-electron chi connectivity index (χ1n) is 9.77. The lowest BCUT2D eigenvalue weighted by atomic mass is 10.2. The molecule has 0 spiro atoms. The third kappa shape index (κ3) is 4.57. The highest BCUT2D eigenvalue weighted by atomic mass is 32.2. The lowest BCUT2D eigenvalue weighted by Gasteiger charge is -2.15. The van der Waals surface area contributed by atoms with Crippen LogP contribution < -0.4 is 10.1 Å². The van der Waals surface area contributed by atoms with Crippen LogP contribution in [0.5, 0.6) is 5.75 Å². The summed E-state index contributed by atoms with van der Waals surface area (Å²) in [5, 5.41) is 3.87. The average Bonchev–Trinajstić information content (AvgIpc) is 2.81. The van der Waals surface area contributed by atoms with Crippen LogP contribution in [0, 0.1) is 0 Å². The van der Waals surface area contributed by atoms with Crippen LogP contribution >= 0.6 is 11.8 Å². The zero-order valence-corrected chi connectivity index (χ0v) is 17.3. The van der Waals surface area contributed by atoms with Crippen molar-refractivity contribution in [1.82, 2.24) is 9.97 Å². The number of hydrogen-bond acceptors (Lipinski definition) is 6. The van der Waals surface area contributed by atoms with Crippen LogP contribution in [0.25, 0.3) is 10.9 Å². The molecule has 0 atom stereocenters. The number of ether oxygens (including phenoxy) is 1. The molecule has 6 nitrogen and oxygen atoms in total. The summed E-state index contributed by atoms with van der Waals surface area (Å²) in [4.78, 5) is 26.0. The van der Waals surface area contributed by atoms with Crippen molar-refractivity contribution in [2.24, 2.45) is 4.99 Å². The molecule has 0 radical (unpaired) electrons. The van der Waals surface area contributed by atoms with Crippen LogP contribution in [0.15, 0.2) is 82.8 Å². The summed E-state index contributed by atoms with van der Waals surface area (Å²) in [7, 11) is 0. The van der Waals surface area contributed by atoms with E-state index < -0.39 is 0 Å². The zero-order valence-electron chi connectivity index (χ0n) is 16.5. The van der Waals surface area contributed by atoms with Gasteiger partial charge >= 0.3 is 0 Å². The highest BCUT2D eigenvalue weighted by Gasteiger charge is 2.15. The number of benzene rings is 3. The predicted molar refractivity (Wildman–Crippen MR) is 123 cm³/mol. The number of anilines is 1. The predicted octanol–water partition coefficient (Wildman–Crippen LogP) is 5.00. The van der Waals surface area contributed by atoms with Gasteiger partial charge in [0.25, 0.3) is 0 Å². The molecule has 2 heterocycles. The minimum absolute atomic E-state index is 0.0275. The number of rotatable bonds is 5. The topological polar surface area (TPSA) is 76.5 Å². The summed E-state index contributed by atoms with van der Waals surface area (Å²) in [5.74, 6) is 1.82. The number of carbonyl (C=O) groups is 1. The van der Waals surface area contributed by atoms with E-state index in [1.165, 1.54) is 11.8 Å². The van der Waals surface area contributed by atoms with Crippen LogP contribution in [-0.2, 0) is 11.4 Å². The number of hydrogen-bond donors (Lipinski definition) is 1. The maximum Gasteiger partial charge on any atom is 0.234 e. The average molecular weight is 427 g/mol. The fourth-order valence-corrected chi connectivity index (χ4v) is 4.04. The number of aromatic nitrogens is 2. The normalized spacial score (nSPS) is 13.2. The molecule has 152 valence electrons. The Kier molecular flexibility index (Phi) is 5.33. The monoisotopic (exact) mass is 426 g/mol. The SMILES string of the molecule is O=C1CSc2cc(N=Cc3cccc(OCc4ncc5ccccc5n4)c3)ccc2N1. The summed E-state index contributed by atoms with van der Waals surface area (Å²) in [6.07, 6.45) is 3.61. The third-order valence-corrected chi connectivity index (χ3v) is 5.78. The molecule has 1 aliphatic heterocycles. The van der Waals surface area contributed by atoms with Gasteiger partial charge in [-0.05, 0) is 42.0 Å². The molecule has 0 saturated heterocycles. The van der Waals surface area contributed by atoms with Gasteiger partial charge in [-0.25, -0.2) is 9.97 Å². The van der Waals surface area contributed by atoms with E-state index >= 15 is 0 Å². The molecule has 0 unspecified atom stereocenters. The Balaban J connectivity index is 1.27. The fourth-order valence-electron chi connectivity index (χ4n) is 3.21. The number of nitrogens with one attached hydrogen (secondary N) is 1. The molecule has 5 rings (SSSR count). The molecule has 1 amide bonds. The number of fused-ring (bicyclic) bond motifs is 2. The summed E-state index contributed by atoms with van der Waals surface area (Å²) in [6, 6.07) is 21.4. The molecule has 31 heavy (non-hydrogen) atoms. The van der Waals surface area contributed by atoms with Crippen molar-refractivity contribution < 1.29 is 9.53 Å². The Bertz CT molecular complexity index is 1310. The summed E-state index contributed by atoms with van der Waals surface area (Å²) in [6.45, 7) is 0.291. The van der Waals surface area contributed by atoms with Crippen molar-refractivity contribution in [2.75, 3.05) is 11.1 Å². The van der Waals surface area contributed by atoms with Gasteiger partial charge in [0.1, 0.15) is 12.4 Å². The lowest BCUT2D eigenvalue weighted by molar-refractivity contribution is -0.113. The minimum atomic E-state index is 0.0275. The van der Waals surface area contributed by atoms with Gasteiger partial charge in [-0.1, -0.05) is 30.3 Å². The zero-order chi connectivity index (χ0) is 21.0. The van der Waals surface area contributed by atoms with Crippen molar-refractivity contribution in [2.45, 2.75) is 11.5 Å². The van der Waals surface area contributed by atoms with Gasteiger partial charge in [-0.3, -0.25) is 9.79 Å². The van der Waals surface area contributed by atoms with E-state index in [0.29, 0.717) is 18.2 Å². The second kappa shape index (κ2) is 8.57. The standard InChI is InChI=1S/C24H18N4O2S/c29-24-15-31-22-11-18(8-9-21(22)28-24)25-12-16-4-3-6-19(10-16)30-14-23-26-13-17-5-1-2-7-20(17)27-23/h1-13H,14-15H2,(H,28,29). The van der Waals surface area contributed by atoms with E-state index in [9.17, 15) is 4.79 Å². The molecule has 4 aromatic rings. The second-order valence-corrected chi connectivity index (χ2v) is 8.00. The minimum Gasteiger partial charge on any atom is -0.486 e. The molecule has 1 N–H and O–H groups in total. The van der Waals surface area contributed by atoms with Crippen LogP contribution in [0.1, 0.15) is 11.4 Å². The molecule has 7 heteroatoms. The molecule has 0 fully saturated rings. The Labute approximate surface area is 183 Å². The Morgan fingerprint density at radius 1 is 1.10 bits per heavy atom. The van der Waals surface area contributed by atoms with Crippen molar-refractivity contribution in [3.8, 4) is 5.75 Å². The first-order valence-corrected chi connectivity index (χ1v) is 10.8. The number of nitrogens with zero attached hydrogens (tertiary/aromatic N) is 3. The Morgan fingerprint density at radius 2 is 2.03 bits per heavy atom. The number of thioether (sulfide) groups is 1. The highest BCUT2D eigenvalue weighted by molar-refractivity contribution is 8.00. The van der Waals surface area contributed by atoms with Crippen LogP contribution in [0.4, 0.5) is 11.4 Å². The van der Waals surface area contributed by atoms with Crippen LogP contribution in [0.3, 0.4) is 0 Å². The third-order valence-electron chi connectivity index (χ3n) is 4.73. The quantitative estimate of drug-likeness (QED) is 0.454. The Hall–Kier alpha value is -3.71. The van der Waals surface area contributed by atoms with E-state index in [1.807, 2.05) is 72.9 Å². The van der Waals surface area contributed by atoms with Gasteiger partial charge < -0.3 is 10.1 Å². The van der Waals surface area contributed by atoms with Gasteiger partial charge in [-0.15, -0.1) is 11.8 Å². The molecule has 0 bridgehead atoms. The van der Waals surface area contributed by atoms with Crippen molar-refractivity contribution in [3.63, 3.8) is 0 Å². The maximum absolute atomic E-state index is 11.5. The first-order chi connectivity index (χ1) is 15.2. The maximum atomic E-state index is 11.5. The van der Waals surface area contributed by atoms with E-state index in [2.05, 4.69) is 20.3 Å². The highest BCUT2D eigenvalue weighted by Crippen LogP contribution is 2.34. The van der Waals surface area contributed by atoms with E-state index in [0.717, 1.165) is 38.5 Å². The first kappa shape index (κ1) is 19.3.